The minimum atomic E-state index is -0.509. The number of nitrogens with zero attached hydrogens (tertiary/aromatic N) is 1. The maximum absolute atomic E-state index is 12.8. The molecule has 120 valence electrons. The number of carbonyl (C=O) groups is 1. The van der Waals surface area contributed by atoms with Crippen LogP contribution in [0.1, 0.15) is 23.6 Å². The Balaban J connectivity index is 1.93. The summed E-state index contributed by atoms with van der Waals surface area (Å²) in [5.74, 6) is 0.686. The molecule has 0 bridgehead atoms. The summed E-state index contributed by atoms with van der Waals surface area (Å²) in [6, 6.07) is 11.7. The fraction of sp³-hybridized carbons (Fsp3) is 0.316. The Labute approximate surface area is 136 Å². The van der Waals surface area contributed by atoms with Gasteiger partial charge in [-0.2, -0.15) is 0 Å². The molecule has 0 radical (unpaired) electrons. The van der Waals surface area contributed by atoms with Crippen molar-refractivity contribution in [3.8, 4) is 5.75 Å². The minimum absolute atomic E-state index is 0.00439. The predicted octanol–water partition coefficient (Wildman–Crippen LogP) is 3.24. The molecule has 2 aromatic rings. The molecule has 4 nitrogen and oxygen atoms in total. The van der Waals surface area contributed by atoms with Gasteiger partial charge in [0.25, 0.3) is 5.91 Å². The molecular weight excluding hydrogens is 288 g/mol. The summed E-state index contributed by atoms with van der Waals surface area (Å²) in [6.07, 6.45) is 0.0565. The predicted molar refractivity (Wildman–Crippen MR) is 92.9 cm³/mol. The van der Waals surface area contributed by atoms with Crippen LogP contribution in [0.3, 0.4) is 0 Å². The molecule has 3 rings (SSSR count). The zero-order chi connectivity index (χ0) is 16.6. The van der Waals surface area contributed by atoms with Gasteiger partial charge in [0.1, 0.15) is 5.75 Å². The molecular formula is C19H22N2O2. The van der Waals surface area contributed by atoms with Crippen molar-refractivity contribution in [1.29, 1.82) is 0 Å². The average molecular weight is 310 g/mol. The number of anilines is 2. The largest absolute Gasteiger partial charge is 0.478 e. The number of benzene rings is 2. The van der Waals surface area contributed by atoms with E-state index >= 15 is 0 Å². The number of ether oxygens (including phenoxy) is 1. The first-order valence-electron chi connectivity index (χ1n) is 7.93. The standard InChI is InChI=1S/C19H22N2O2/c1-4-21-16-8-7-15(20)11-17(16)23-18(19(21)22)10-14-6-5-12(2)9-13(14)3/h5-9,11,18H,4,10,20H2,1-3H3. The van der Waals surface area contributed by atoms with E-state index in [0.717, 1.165) is 11.3 Å². The Morgan fingerprint density at radius 1 is 1.17 bits per heavy atom. The van der Waals surface area contributed by atoms with Gasteiger partial charge in [-0.25, -0.2) is 0 Å². The van der Waals surface area contributed by atoms with E-state index in [1.165, 1.54) is 11.1 Å². The maximum atomic E-state index is 12.8. The molecule has 2 aromatic carbocycles. The fourth-order valence-electron chi connectivity index (χ4n) is 3.07. The van der Waals surface area contributed by atoms with E-state index in [-0.39, 0.29) is 5.91 Å². The van der Waals surface area contributed by atoms with Crippen molar-refractivity contribution in [1.82, 2.24) is 0 Å². The van der Waals surface area contributed by atoms with Crippen LogP contribution in [0.25, 0.3) is 0 Å². The highest BCUT2D eigenvalue weighted by molar-refractivity contribution is 6.00. The lowest BCUT2D eigenvalue weighted by Gasteiger charge is -2.34. The first kappa shape index (κ1) is 15.4. The van der Waals surface area contributed by atoms with Gasteiger partial charge >= 0.3 is 0 Å². The first-order valence-corrected chi connectivity index (χ1v) is 7.93. The lowest BCUT2D eigenvalue weighted by Crippen LogP contribution is -2.46. The van der Waals surface area contributed by atoms with Gasteiger partial charge < -0.3 is 15.4 Å². The second-order valence-corrected chi connectivity index (χ2v) is 6.05. The van der Waals surface area contributed by atoms with E-state index < -0.39 is 6.10 Å². The maximum Gasteiger partial charge on any atom is 0.268 e. The quantitative estimate of drug-likeness (QED) is 0.885. The summed E-state index contributed by atoms with van der Waals surface area (Å²) in [6.45, 7) is 6.72. The van der Waals surface area contributed by atoms with Gasteiger partial charge in [0.15, 0.2) is 6.10 Å². The van der Waals surface area contributed by atoms with Crippen LogP contribution in [0.15, 0.2) is 36.4 Å². The highest BCUT2D eigenvalue weighted by Gasteiger charge is 2.33. The number of aryl methyl sites for hydroxylation is 2. The van der Waals surface area contributed by atoms with E-state index in [4.69, 9.17) is 10.5 Å². The summed E-state index contributed by atoms with van der Waals surface area (Å²) in [5.41, 5.74) is 10.8. The van der Waals surface area contributed by atoms with Crippen LogP contribution in [0.4, 0.5) is 11.4 Å². The molecule has 0 aliphatic carbocycles. The van der Waals surface area contributed by atoms with Crippen LogP contribution in [-0.2, 0) is 11.2 Å². The molecule has 1 aliphatic heterocycles. The summed E-state index contributed by atoms with van der Waals surface area (Å²) >= 11 is 0. The van der Waals surface area contributed by atoms with Crippen LogP contribution in [0.2, 0.25) is 0 Å². The zero-order valence-corrected chi connectivity index (χ0v) is 13.8. The normalized spacial score (nSPS) is 16.9. The molecule has 2 N–H and O–H groups in total. The van der Waals surface area contributed by atoms with Crippen LogP contribution >= 0.6 is 0 Å². The Morgan fingerprint density at radius 2 is 1.96 bits per heavy atom. The molecule has 0 aromatic heterocycles. The lowest BCUT2D eigenvalue weighted by molar-refractivity contribution is -0.126. The molecule has 23 heavy (non-hydrogen) atoms. The number of nitrogen functional groups attached to an aromatic ring is 1. The molecule has 1 amide bonds. The van der Waals surface area contributed by atoms with Gasteiger partial charge in [-0.15, -0.1) is 0 Å². The van der Waals surface area contributed by atoms with Gasteiger partial charge in [-0.05, 0) is 44.0 Å². The fourth-order valence-corrected chi connectivity index (χ4v) is 3.07. The van der Waals surface area contributed by atoms with Gasteiger partial charge in [0, 0.05) is 24.7 Å². The second kappa shape index (κ2) is 5.95. The number of hydrogen-bond donors (Lipinski definition) is 1. The molecule has 4 heteroatoms. The number of likely N-dealkylation sites (N-methyl/N-ethyl adjacent to an activating group) is 1. The Bertz CT molecular complexity index is 755. The first-order chi connectivity index (χ1) is 11.0. The summed E-state index contributed by atoms with van der Waals surface area (Å²) in [7, 11) is 0. The average Bonchev–Trinajstić information content (AvgIpc) is 2.51. The second-order valence-electron chi connectivity index (χ2n) is 6.05. The molecule has 1 unspecified atom stereocenters. The molecule has 0 saturated heterocycles. The van der Waals surface area contributed by atoms with Crippen LogP contribution in [0.5, 0.6) is 5.75 Å². The van der Waals surface area contributed by atoms with Crippen LogP contribution in [-0.4, -0.2) is 18.6 Å². The van der Waals surface area contributed by atoms with Crippen molar-refractivity contribution in [2.45, 2.75) is 33.3 Å². The molecule has 0 spiro atoms. The van der Waals surface area contributed by atoms with Crippen molar-refractivity contribution < 1.29 is 9.53 Å². The topological polar surface area (TPSA) is 55.6 Å². The van der Waals surface area contributed by atoms with Gasteiger partial charge in [-0.3, -0.25) is 4.79 Å². The number of nitrogens with two attached hydrogens (primary N) is 1. The summed E-state index contributed by atoms with van der Waals surface area (Å²) < 4.78 is 5.98. The van der Waals surface area contributed by atoms with E-state index in [0.29, 0.717) is 24.4 Å². The monoisotopic (exact) mass is 310 g/mol. The van der Waals surface area contributed by atoms with Crippen molar-refractivity contribution >= 4 is 17.3 Å². The molecule has 1 heterocycles. The molecule has 0 saturated carbocycles. The van der Waals surface area contributed by atoms with Crippen molar-refractivity contribution in [3.05, 3.63) is 53.1 Å². The van der Waals surface area contributed by atoms with E-state index in [9.17, 15) is 4.79 Å². The number of amides is 1. The Kier molecular flexibility index (Phi) is 3.99. The Hall–Kier alpha value is -2.49. The molecule has 1 atom stereocenters. The highest BCUT2D eigenvalue weighted by Crippen LogP contribution is 2.36. The van der Waals surface area contributed by atoms with E-state index in [1.807, 2.05) is 13.0 Å². The SMILES string of the molecule is CCN1C(=O)C(Cc2ccc(C)cc2C)Oc2cc(N)ccc21. The van der Waals surface area contributed by atoms with Gasteiger partial charge in [0.05, 0.1) is 5.69 Å². The third-order valence-electron chi connectivity index (χ3n) is 4.30. The van der Waals surface area contributed by atoms with Crippen LogP contribution in [0, 0.1) is 13.8 Å². The van der Waals surface area contributed by atoms with E-state index in [2.05, 4.69) is 32.0 Å². The number of carbonyl (C=O) groups excluding carboxylic acids is 1. The molecule has 1 aliphatic rings. The highest BCUT2D eigenvalue weighted by atomic mass is 16.5. The van der Waals surface area contributed by atoms with Crippen molar-refractivity contribution in [3.63, 3.8) is 0 Å². The Morgan fingerprint density at radius 3 is 2.65 bits per heavy atom. The van der Waals surface area contributed by atoms with Gasteiger partial charge in [-0.1, -0.05) is 23.8 Å². The number of fused-ring (bicyclic) bond motifs is 1. The molecule has 0 fully saturated rings. The van der Waals surface area contributed by atoms with Crippen molar-refractivity contribution in [2.75, 3.05) is 17.2 Å². The summed E-state index contributed by atoms with van der Waals surface area (Å²) in [4.78, 5) is 14.5. The minimum Gasteiger partial charge on any atom is -0.478 e. The summed E-state index contributed by atoms with van der Waals surface area (Å²) in [5, 5.41) is 0. The number of hydrogen-bond acceptors (Lipinski definition) is 3. The third kappa shape index (κ3) is 2.89. The van der Waals surface area contributed by atoms with Crippen molar-refractivity contribution in [2.24, 2.45) is 0 Å². The number of rotatable bonds is 3. The van der Waals surface area contributed by atoms with E-state index in [1.54, 1.807) is 17.0 Å². The zero-order valence-electron chi connectivity index (χ0n) is 13.8. The lowest BCUT2D eigenvalue weighted by atomic mass is 9.99. The third-order valence-corrected chi connectivity index (χ3v) is 4.30. The smallest absolute Gasteiger partial charge is 0.268 e. The van der Waals surface area contributed by atoms with Gasteiger partial charge in [0.2, 0.25) is 0 Å². The van der Waals surface area contributed by atoms with Crippen LogP contribution < -0.4 is 15.4 Å².